The number of halogens is 1. The average Bonchev–Trinajstić information content (AvgIpc) is 2.85. The summed E-state index contributed by atoms with van der Waals surface area (Å²) in [5, 5.41) is 0.316. The monoisotopic (exact) mass is 350 g/mol. The first-order valence-corrected chi connectivity index (χ1v) is 11.0. The minimum absolute atomic E-state index is 0.316. The second-order valence-corrected chi connectivity index (χ2v) is 10.9. The van der Waals surface area contributed by atoms with Crippen LogP contribution in [0.2, 0.25) is 0 Å². The normalized spacial score (nSPS) is 43.2. The minimum Gasteiger partial charge on any atom is -0.123 e. The van der Waals surface area contributed by atoms with Crippen molar-refractivity contribution in [3.63, 3.8) is 0 Å². The fourth-order valence-corrected chi connectivity index (χ4v) is 7.60. The van der Waals surface area contributed by atoms with E-state index in [1.807, 2.05) is 0 Å². The van der Waals surface area contributed by atoms with Crippen LogP contribution in [0, 0.1) is 34.5 Å². The molecule has 138 valence electrons. The Morgan fingerprint density at radius 3 is 2.29 bits per heavy atom. The van der Waals surface area contributed by atoms with Crippen LogP contribution in [0.4, 0.5) is 0 Å². The molecule has 0 radical (unpaired) electrons. The van der Waals surface area contributed by atoms with Gasteiger partial charge in [-0.15, -0.1) is 11.6 Å². The van der Waals surface area contributed by atoms with Crippen molar-refractivity contribution in [2.24, 2.45) is 34.5 Å². The first-order valence-electron chi connectivity index (χ1n) is 10.6. The number of alkyl halides is 1. The van der Waals surface area contributed by atoms with Crippen molar-refractivity contribution >= 4 is 11.6 Å². The van der Waals surface area contributed by atoms with Crippen LogP contribution in [-0.2, 0) is 0 Å². The summed E-state index contributed by atoms with van der Waals surface area (Å²) in [4.78, 5) is 0. The lowest BCUT2D eigenvalue weighted by Crippen LogP contribution is -2.47. The summed E-state index contributed by atoms with van der Waals surface area (Å²) in [5.41, 5.74) is 2.50. The van der Waals surface area contributed by atoms with E-state index in [-0.39, 0.29) is 0 Å². The van der Waals surface area contributed by atoms with Crippen LogP contribution in [0.25, 0.3) is 0 Å². The first-order chi connectivity index (χ1) is 11.3. The zero-order valence-electron chi connectivity index (χ0n) is 16.5. The van der Waals surface area contributed by atoms with Crippen LogP contribution >= 0.6 is 11.6 Å². The van der Waals surface area contributed by atoms with Crippen molar-refractivity contribution in [2.75, 3.05) is 0 Å². The quantitative estimate of drug-likeness (QED) is 0.361. The van der Waals surface area contributed by atoms with Crippen molar-refractivity contribution in [1.29, 1.82) is 0 Å². The van der Waals surface area contributed by atoms with Gasteiger partial charge < -0.3 is 0 Å². The lowest BCUT2D eigenvalue weighted by atomic mass is 9.50. The SMILES string of the molecule is C=C(C)C1CCC2C(CC(C)Cl)C(C3(C)CCCCC3)CCC12C. The van der Waals surface area contributed by atoms with Gasteiger partial charge >= 0.3 is 0 Å². The summed E-state index contributed by atoms with van der Waals surface area (Å²) < 4.78 is 0. The molecule has 1 heteroatoms. The highest BCUT2D eigenvalue weighted by Gasteiger charge is 2.56. The second kappa shape index (κ2) is 6.98. The number of allylic oxidation sites excluding steroid dienone is 1. The van der Waals surface area contributed by atoms with Crippen molar-refractivity contribution in [3.8, 4) is 0 Å². The van der Waals surface area contributed by atoms with E-state index in [0.717, 1.165) is 23.7 Å². The predicted molar refractivity (Wildman–Crippen MR) is 106 cm³/mol. The molecule has 0 aliphatic heterocycles. The highest BCUT2D eigenvalue weighted by molar-refractivity contribution is 6.20. The zero-order chi connectivity index (χ0) is 17.5. The van der Waals surface area contributed by atoms with Gasteiger partial charge in [-0.3, -0.25) is 0 Å². The van der Waals surface area contributed by atoms with Crippen molar-refractivity contribution in [2.45, 2.75) is 97.3 Å². The Balaban J connectivity index is 1.89. The van der Waals surface area contributed by atoms with E-state index >= 15 is 0 Å². The molecule has 0 nitrogen and oxygen atoms in total. The van der Waals surface area contributed by atoms with Gasteiger partial charge in [0, 0.05) is 5.38 Å². The topological polar surface area (TPSA) is 0 Å². The molecular weight excluding hydrogens is 312 g/mol. The third kappa shape index (κ3) is 3.22. The molecule has 6 atom stereocenters. The maximum Gasteiger partial charge on any atom is 0.0310 e. The maximum absolute atomic E-state index is 6.58. The molecule has 3 fully saturated rings. The average molecular weight is 351 g/mol. The van der Waals surface area contributed by atoms with Gasteiger partial charge in [0.2, 0.25) is 0 Å². The number of rotatable bonds is 4. The standard InChI is InChI=1S/C23H39Cl/c1-16(2)19-9-10-21-18(15-17(3)24)20(11-14-23(19,21)5)22(4)12-7-6-8-13-22/h17-21H,1,6-15H2,2-5H3. The third-order valence-corrected chi connectivity index (χ3v) is 8.70. The highest BCUT2D eigenvalue weighted by Crippen LogP contribution is 2.65. The van der Waals surface area contributed by atoms with E-state index in [1.165, 1.54) is 69.8 Å². The van der Waals surface area contributed by atoms with E-state index in [2.05, 4.69) is 34.3 Å². The second-order valence-electron chi connectivity index (χ2n) is 10.1. The summed E-state index contributed by atoms with van der Waals surface area (Å²) in [6.07, 6.45) is 14.1. The Labute approximate surface area is 155 Å². The smallest absolute Gasteiger partial charge is 0.0310 e. The Bertz CT molecular complexity index is 459. The molecule has 0 heterocycles. The molecule has 0 N–H and O–H groups in total. The molecule has 0 aromatic heterocycles. The molecule has 0 bridgehead atoms. The summed E-state index contributed by atoms with van der Waals surface area (Å²) >= 11 is 6.58. The summed E-state index contributed by atoms with van der Waals surface area (Å²) in [6, 6.07) is 0. The van der Waals surface area contributed by atoms with E-state index < -0.39 is 0 Å². The molecule has 0 amide bonds. The van der Waals surface area contributed by atoms with Gasteiger partial charge in [0.1, 0.15) is 0 Å². The number of fused-ring (bicyclic) bond motifs is 1. The van der Waals surface area contributed by atoms with Crippen LogP contribution in [0.1, 0.15) is 91.9 Å². The molecule has 0 aromatic carbocycles. The molecule has 3 saturated carbocycles. The molecule has 3 aliphatic carbocycles. The molecule has 0 spiro atoms. The Morgan fingerprint density at radius 1 is 1.04 bits per heavy atom. The molecule has 0 aromatic rings. The zero-order valence-corrected chi connectivity index (χ0v) is 17.3. The van der Waals surface area contributed by atoms with E-state index in [9.17, 15) is 0 Å². The van der Waals surface area contributed by atoms with Crippen LogP contribution in [0.15, 0.2) is 12.2 Å². The molecule has 3 aliphatic rings. The molecule has 0 saturated heterocycles. The van der Waals surface area contributed by atoms with Crippen molar-refractivity contribution < 1.29 is 0 Å². The van der Waals surface area contributed by atoms with E-state index in [0.29, 0.717) is 16.2 Å². The molecule has 6 unspecified atom stereocenters. The molecule has 3 rings (SSSR count). The summed E-state index contributed by atoms with van der Waals surface area (Å²) in [5.74, 6) is 3.36. The fourth-order valence-electron chi connectivity index (χ4n) is 7.40. The highest BCUT2D eigenvalue weighted by atomic mass is 35.5. The van der Waals surface area contributed by atoms with E-state index in [1.54, 1.807) is 0 Å². The summed E-state index contributed by atoms with van der Waals surface area (Å²) in [6.45, 7) is 14.1. The fraction of sp³-hybridized carbons (Fsp3) is 0.913. The molecule has 24 heavy (non-hydrogen) atoms. The van der Waals surface area contributed by atoms with Crippen LogP contribution in [-0.4, -0.2) is 5.38 Å². The Morgan fingerprint density at radius 2 is 1.71 bits per heavy atom. The Hall–Kier alpha value is 0.0300. The van der Waals surface area contributed by atoms with Crippen molar-refractivity contribution in [3.05, 3.63) is 12.2 Å². The molecular formula is C23H39Cl. The van der Waals surface area contributed by atoms with Gasteiger partial charge in [0.25, 0.3) is 0 Å². The summed E-state index contributed by atoms with van der Waals surface area (Å²) in [7, 11) is 0. The minimum atomic E-state index is 0.316. The van der Waals surface area contributed by atoms with Gasteiger partial charge in [-0.25, -0.2) is 0 Å². The lowest BCUT2D eigenvalue weighted by Gasteiger charge is -2.55. The largest absolute Gasteiger partial charge is 0.123 e. The van der Waals surface area contributed by atoms with Gasteiger partial charge in [-0.2, -0.15) is 0 Å². The van der Waals surface area contributed by atoms with Crippen LogP contribution in [0.3, 0.4) is 0 Å². The van der Waals surface area contributed by atoms with Gasteiger partial charge in [0.15, 0.2) is 0 Å². The van der Waals surface area contributed by atoms with E-state index in [4.69, 9.17) is 11.6 Å². The van der Waals surface area contributed by atoms with Gasteiger partial charge in [-0.1, -0.05) is 45.3 Å². The number of hydrogen-bond acceptors (Lipinski definition) is 0. The van der Waals surface area contributed by atoms with Crippen molar-refractivity contribution in [1.82, 2.24) is 0 Å². The number of hydrogen-bond donors (Lipinski definition) is 0. The van der Waals surface area contributed by atoms with Gasteiger partial charge in [-0.05, 0) is 93.3 Å². The predicted octanol–water partition coefficient (Wildman–Crippen LogP) is 7.61. The Kier molecular flexibility index (Phi) is 5.47. The third-order valence-electron chi connectivity index (χ3n) is 8.52. The maximum atomic E-state index is 6.58. The lowest BCUT2D eigenvalue weighted by molar-refractivity contribution is -0.0505. The van der Waals surface area contributed by atoms with Gasteiger partial charge in [0.05, 0.1) is 0 Å². The van der Waals surface area contributed by atoms with Crippen LogP contribution in [0.5, 0.6) is 0 Å². The van der Waals surface area contributed by atoms with Crippen LogP contribution < -0.4 is 0 Å². The first kappa shape index (κ1) is 18.8.